The van der Waals surface area contributed by atoms with Crippen LogP contribution in [0.2, 0.25) is 0 Å². The fourth-order valence-electron chi connectivity index (χ4n) is 2.78. The molecule has 0 aromatic heterocycles. The van der Waals surface area contributed by atoms with Crippen molar-refractivity contribution < 1.29 is 19.1 Å². The SMILES string of the molecule is COCCN1C(=O)C(CC(=O)Nc2ccc(OC)cc2)SC1=Nc1ccccc1. The van der Waals surface area contributed by atoms with Crippen LogP contribution in [0.3, 0.4) is 0 Å². The zero-order chi connectivity index (χ0) is 20.6. The summed E-state index contributed by atoms with van der Waals surface area (Å²) in [6.45, 7) is 0.787. The van der Waals surface area contributed by atoms with Crippen molar-refractivity contribution in [3.05, 3.63) is 54.6 Å². The molecule has 0 spiro atoms. The Morgan fingerprint density at radius 1 is 1.14 bits per heavy atom. The van der Waals surface area contributed by atoms with E-state index in [1.165, 1.54) is 11.8 Å². The summed E-state index contributed by atoms with van der Waals surface area (Å²) in [6, 6.07) is 16.5. The summed E-state index contributed by atoms with van der Waals surface area (Å²) in [5.41, 5.74) is 1.41. The molecule has 0 radical (unpaired) electrons. The second kappa shape index (κ2) is 10.1. The lowest BCUT2D eigenvalue weighted by atomic mass is 10.2. The third kappa shape index (κ3) is 5.58. The van der Waals surface area contributed by atoms with Crippen LogP contribution < -0.4 is 10.1 Å². The van der Waals surface area contributed by atoms with Crippen molar-refractivity contribution in [3.8, 4) is 5.75 Å². The van der Waals surface area contributed by atoms with Crippen LogP contribution >= 0.6 is 11.8 Å². The van der Waals surface area contributed by atoms with Gasteiger partial charge in [-0.05, 0) is 36.4 Å². The predicted octanol–water partition coefficient (Wildman–Crippen LogP) is 3.30. The van der Waals surface area contributed by atoms with Gasteiger partial charge in [-0.15, -0.1) is 0 Å². The van der Waals surface area contributed by atoms with Gasteiger partial charge in [-0.3, -0.25) is 14.5 Å². The largest absolute Gasteiger partial charge is 0.497 e. The molecule has 2 aromatic carbocycles. The van der Waals surface area contributed by atoms with E-state index in [4.69, 9.17) is 9.47 Å². The number of amides is 2. The van der Waals surface area contributed by atoms with Gasteiger partial charge in [-0.25, -0.2) is 4.99 Å². The van der Waals surface area contributed by atoms with Crippen molar-refractivity contribution >= 4 is 40.1 Å². The van der Waals surface area contributed by atoms with E-state index in [0.29, 0.717) is 29.8 Å². The normalized spacial score (nSPS) is 17.6. The molecular formula is C21H23N3O4S. The lowest BCUT2D eigenvalue weighted by molar-refractivity contribution is -0.128. The molecule has 8 heteroatoms. The predicted molar refractivity (Wildman–Crippen MR) is 115 cm³/mol. The maximum Gasteiger partial charge on any atom is 0.242 e. The number of ether oxygens (including phenoxy) is 2. The Bertz CT molecular complexity index is 871. The van der Waals surface area contributed by atoms with Gasteiger partial charge in [0, 0.05) is 19.2 Å². The number of nitrogens with zero attached hydrogens (tertiary/aromatic N) is 2. The Morgan fingerprint density at radius 2 is 1.86 bits per heavy atom. The number of anilines is 1. The summed E-state index contributed by atoms with van der Waals surface area (Å²) < 4.78 is 10.2. The number of amidine groups is 1. The fraction of sp³-hybridized carbons (Fsp3) is 0.286. The minimum Gasteiger partial charge on any atom is -0.497 e. The second-order valence-electron chi connectivity index (χ2n) is 6.30. The van der Waals surface area contributed by atoms with E-state index in [9.17, 15) is 9.59 Å². The summed E-state index contributed by atoms with van der Waals surface area (Å²) in [5, 5.41) is 2.88. The van der Waals surface area contributed by atoms with Crippen molar-refractivity contribution in [1.29, 1.82) is 0 Å². The topological polar surface area (TPSA) is 80.2 Å². The van der Waals surface area contributed by atoms with Gasteiger partial charge >= 0.3 is 0 Å². The molecule has 1 aliphatic rings. The molecule has 152 valence electrons. The molecule has 1 N–H and O–H groups in total. The quantitative estimate of drug-likeness (QED) is 0.718. The van der Waals surface area contributed by atoms with E-state index in [2.05, 4.69) is 10.3 Å². The van der Waals surface area contributed by atoms with Gasteiger partial charge in [0.2, 0.25) is 11.8 Å². The zero-order valence-electron chi connectivity index (χ0n) is 16.3. The van der Waals surface area contributed by atoms with Crippen LogP contribution in [0, 0.1) is 0 Å². The van der Waals surface area contributed by atoms with Gasteiger partial charge in [0.15, 0.2) is 5.17 Å². The summed E-state index contributed by atoms with van der Waals surface area (Å²) in [4.78, 5) is 31.5. The van der Waals surface area contributed by atoms with E-state index >= 15 is 0 Å². The van der Waals surface area contributed by atoms with Crippen LogP contribution in [0.5, 0.6) is 5.75 Å². The van der Waals surface area contributed by atoms with Crippen molar-refractivity contribution in [2.45, 2.75) is 11.7 Å². The van der Waals surface area contributed by atoms with E-state index in [0.717, 1.165) is 5.69 Å². The molecule has 1 heterocycles. The number of hydrogen-bond donors (Lipinski definition) is 1. The Labute approximate surface area is 174 Å². The van der Waals surface area contributed by atoms with Gasteiger partial charge < -0.3 is 14.8 Å². The number of rotatable bonds is 8. The van der Waals surface area contributed by atoms with Crippen LogP contribution in [0.15, 0.2) is 59.6 Å². The molecule has 29 heavy (non-hydrogen) atoms. The summed E-state index contributed by atoms with van der Waals surface area (Å²) in [5.74, 6) is 0.348. The monoisotopic (exact) mass is 413 g/mol. The van der Waals surface area contributed by atoms with Crippen LogP contribution in [-0.4, -0.2) is 54.5 Å². The number of nitrogens with one attached hydrogen (secondary N) is 1. The maximum absolute atomic E-state index is 12.9. The van der Waals surface area contributed by atoms with Crippen molar-refractivity contribution in [2.75, 3.05) is 32.7 Å². The maximum atomic E-state index is 12.9. The highest BCUT2D eigenvalue weighted by atomic mass is 32.2. The number of aliphatic imine (C=N–C) groups is 1. The van der Waals surface area contributed by atoms with E-state index < -0.39 is 5.25 Å². The number of carbonyl (C=O) groups is 2. The first-order valence-electron chi connectivity index (χ1n) is 9.15. The Balaban J connectivity index is 1.69. The fourth-order valence-corrected chi connectivity index (χ4v) is 3.97. The molecule has 1 saturated heterocycles. The Kier molecular flexibility index (Phi) is 7.26. The Morgan fingerprint density at radius 3 is 2.52 bits per heavy atom. The van der Waals surface area contributed by atoms with Crippen LogP contribution in [0.25, 0.3) is 0 Å². The van der Waals surface area contributed by atoms with Crippen LogP contribution in [0.1, 0.15) is 6.42 Å². The first kappa shape index (κ1) is 20.9. The number of hydrogen-bond acceptors (Lipinski definition) is 6. The first-order chi connectivity index (χ1) is 14.1. The van der Waals surface area contributed by atoms with E-state index in [1.807, 2.05) is 30.3 Å². The van der Waals surface area contributed by atoms with Crippen molar-refractivity contribution in [3.63, 3.8) is 0 Å². The van der Waals surface area contributed by atoms with Gasteiger partial charge in [0.1, 0.15) is 11.0 Å². The molecule has 2 aromatic rings. The lowest BCUT2D eigenvalue weighted by Gasteiger charge is -2.15. The minimum absolute atomic E-state index is 0.0623. The van der Waals surface area contributed by atoms with Crippen LogP contribution in [-0.2, 0) is 14.3 Å². The number of benzene rings is 2. The molecule has 0 aliphatic carbocycles. The number of thioether (sulfide) groups is 1. The molecule has 7 nitrogen and oxygen atoms in total. The minimum atomic E-state index is -0.521. The van der Waals surface area contributed by atoms with Gasteiger partial charge in [0.25, 0.3) is 0 Å². The standard InChI is InChI=1S/C21H23N3O4S/c1-27-13-12-24-20(26)18(29-21(24)23-15-6-4-3-5-7-15)14-19(25)22-16-8-10-17(28-2)11-9-16/h3-11,18H,12-14H2,1-2H3,(H,22,25). The molecule has 1 aliphatic heterocycles. The average molecular weight is 413 g/mol. The zero-order valence-corrected chi connectivity index (χ0v) is 17.1. The molecule has 1 fully saturated rings. The average Bonchev–Trinajstić information content (AvgIpc) is 3.01. The molecule has 0 saturated carbocycles. The third-order valence-corrected chi connectivity index (χ3v) is 5.44. The van der Waals surface area contributed by atoms with Crippen LogP contribution in [0.4, 0.5) is 11.4 Å². The molecule has 2 amide bonds. The van der Waals surface area contributed by atoms with Gasteiger partial charge in [-0.1, -0.05) is 30.0 Å². The molecule has 0 bridgehead atoms. The van der Waals surface area contributed by atoms with Gasteiger partial charge in [-0.2, -0.15) is 0 Å². The van der Waals surface area contributed by atoms with Crippen molar-refractivity contribution in [2.24, 2.45) is 4.99 Å². The number of methoxy groups -OCH3 is 2. The third-order valence-electron chi connectivity index (χ3n) is 4.26. The summed E-state index contributed by atoms with van der Waals surface area (Å²) in [7, 11) is 3.17. The number of carbonyl (C=O) groups excluding carboxylic acids is 2. The lowest BCUT2D eigenvalue weighted by Crippen LogP contribution is -2.35. The molecule has 3 rings (SSSR count). The van der Waals surface area contributed by atoms with E-state index in [-0.39, 0.29) is 18.2 Å². The summed E-state index contributed by atoms with van der Waals surface area (Å²) in [6.07, 6.45) is 0.0623. The van der Waals surface area contributed by atoms with Crippen molar-refractivity contribution in [1.82, 2.24) is 4.90 Å². The molecule has 1 unspecified atom stereocenters. The highest BCUT2D eigenvalue weighted by Gasteiger charge is 2.38. The second-order valence-corrected chi connectivity index (χ2v) is 7.47. The smallest absolute Gasteiger partial charge is 0.242 e. The highest BCUT2D eigenvalue weighted by molar-refractivity contribution is 8.15. The van der Waals surface area contributed by atoms with Gasteiger partial charge in [0.05, 0.1) is 25.9 Å². The highest BCUT2D eigenvalue weighted by Crippen LogP contribution is 2.31. The number of para-hydroxylation sites is 1. The molecular weight excluding hydrogens is 390 g/mol. The molecule has 1 atom stereocenters. The first-order valence-corrected chi connectivity index (χ1v) is 10.0. The van der Waals surface area contributed by atoms with E-state index in [1.54, 1.807) is 43.4 Å². The summed E-state index contributed by atoms with van der Waals surface area (Å²) >= 11 is 1.31. The Hall–Kier alpha value is -2.84.